The van der Waals surface area contributed by atoms with Crippen LogP contribution < -0.4 is 10.2 Å². The first-order valence-electron chi connectivity index (χ1n) is 32.8. The lowest BCUT2D eigenvalue weighted by Crippen LogP contribution is -2.47. The normalized spacial score (nSPS) is 14.3. The van der Waals surface area contributed by atoms with Gasteiger partial charge < -0.3 is 28.5 Å². The number of phosphoric acid groups is 1. The van der Waals surface area contributed by atoms with Crippen molar-refractivity contribution < 1.29 is 37.3 Å². The molecule has 0 saturated carbocycles. The molecule has 0 radical (unpaired) electrons. The van der Waals surface area contributed by atoms with Gasteiger partial charge in [-0.2, -0.15) is 0 Å². The molecule has 0 spiro atoms. The molecule has 0 bridgehead atoms. The van der Waals surface area contributed by atoms with Crippen molar-refractivity contribution in [2.45, 2.75) is 283 Å². The maximum Gasteiger partial charge on any atom is 0.306 e. The predicted octanol–water partition coefficient (Wildman–Crippen LogP) is 19.9. The molecule has 1 amide bonds. The molecule has 0 rings (SSSR count). The maximum absolute atomic E-state index is 13.5. The van der Waals surface area contributed by atoms with E-state index in [-0.39, 0.29) is 31.3 Å². The summed E-state index contributed by atoms with van der Waals surface area (Å²) in [6, 6.07) is -0.918. The molecule has 80 heavy (non-hydrogen) atoms. The van der Waals surface area contributed by atoms with Gasteiger partial charge in [0.05, 0.1) is 33.8 Å². The van der Waals surface area contributed by atoms with Crippen LogP contribution in [0.5, 0.6) is 0 Å². The van der Waals surface area contributed by atoms with E-state index < -0.39 is 26.6 Å². The van der Waals surface area contributed by atoms with Crippen molar-refractivity contribution >= 4 is 19.7 Å². The zero-order chi connectivity index (χ0) is 58.6. The van der Waals surface area contributed by atoms with Crippen LogP contribution in [0.25, 0.3) is 0 Å². The molecular weight excluding hydrogens is 1010 g/mol. The number of unbranched alkanes of at least 4 members (excludes halogenated alkanes) is 31. The molecule has 0 saturated heterocycles. The fourth-order valence-electron chi connectivity index (χ4n) is 9.05. The second-order valence-corrected chi connectivity index (χ2v) is 24.4. The van der Waals surface area contributed by atoms with Crippen molar-refractivity contribution in [3.8, 4) is 0 Å². The van der Waals surface area contributed by atoms with Crippen molar-refractivity contribution in [3.05, 3.63) is 109 Å². The molecule has 10 heteroatoms. The number of carbonyl (C=O) groups is 2. The highest BCUT2D eigenvalue weighted by Crippen LogP contribution is 2.38. The van der Waals surface area contributed by atoms with E-state index in [4.69, 9.17) is 13.8 Å². The third-order valence-corrected chi connectivity index (χ3v) is 15.1. The van der Waals surface area contributed by atoms with Gasteiger partial charge in [0.25, 0.3) is 7.82 Å². The van der Waals surface area contributed by atoms with Gasteiger partial charge in [-0.05, 0) is 83.1 Å². The Bertz CT molecular complexity index is 1740. The summed E-state index contributed by atoms with van der Waals surface area (Å²) in [7, 11) is 1.14. The van der Waals surface area contributed by atoms with Crippen LogP contribution in [-0.4, -0.2) is 69.4 Å². The van der Waals surface area contributed by atoms with E-state index in [1.165, 1.54) is 161 Å². The number of phosphoric ester groups is 1. The van der Waals surface area contributed by atoms with Crippen molar-refractivity contribution in [1.29, 1.82) is 0 Å². The molecule has 0 aliphatic carbocycles. The molecule has 0 aromatic heterocycles. The molecular formula is C70H123N2O7P. The fraction of sp³-hybridized carbons (Fsp3) is 0.714. The van der Waals surface area contributed by atoms with E-state index in [9.17, 15) is 19.0 Å². The summed E-state index contributed by atoms with van der Waals surface area (Å²) in [6.07, 6.45) is 80.7. The van der Waals surface area contributed by atoms with Crippen LogP contribution >= 0.6 is 7.82 Å². The first-order chi connectivity index (χ1) is 38.9. The van der Waals surface area contributed by atoms with Crippen LogP contribution in [0.2, 0.25) is 0 Å². The second kappa shape index (κ2) is 58.9. The summed E-state index contributed by atoms with van der Waals surface area (Å²) in [5, 5.41) is 3.00. The van der Waals surface area contributed by atoms with Gasteiger partial charge in [0.2, 0.25) is 5.91 Å². The van der Waals surface area contributed by atoms with E-state index in [2.05, 4.69) is 62.5 Å². The molecule has 1 N–H and O–H groups in total. The predicted molar refractivity (Wildman–Crippen MR) is 344 cm³/mol. The molecule has 0 aliphatic rings. The lowest BCUT2D eigenvalue weighted by molar-refractivity contribution is -0.870. The van der Waals surface area contributed by atoms with Gasteiger partial charge in [-0.3, -0.25) is 14.2 Å². The van der Waals surface area contributed by atoms with Gasteiger partial charge in [0.1, 0.15) is 19.3 Å². The largest absolute Gasteiger partial charge is 0.756 e. The lowest BCUT2D eigenvalue weighted by atomic mass is 10.0. The van der Waals surface area contributed by atoms with Gasteiger partial charge in [0.15, 0.2) is 0 Å². The average Bonchev–Trinajstić information content (AvgIpc) is 3.42. The van der Waals surface area contributed by atoms with E-state index in [1.54, 1.807) is 0 Å². The number of likely N-dealkylation sites (N-methyl/N-ethyl adjacent to an activating group) is 1. The zero-order valence-corrected chi connectivity index (χ0v) is 53.4. The van der Waals surface area contributed by atoms with Gasteiger partial charge >= 0.3 is 5.97 Å². The molecule has 0 aromatic carbocycles. The number of quaternary nitrogens is 1. The van der Waals surface area contributed by atoms with Crippen LogP contribution in [0.1, 0.15) is 271 Å². The van der Waals surface area contributed by atoms with Crippen LogP contribution in [0.3, 0.4) is 0 Å². The van der Waals surface area contributed by atoms with Crippen molar-refractivity contribution in [3.63, 3.8) is 0 Å². The Morgan fingerprint density at radius 3 is 1.34 bits per heavy atom. The van der Waals surface area contributed by atoms with Crippen LogP contribution in [0, 0.1) is 0 Å². The van der Waals surface area contributed by atoms with E-state index in [0.717, 1.165) is 70.6 Å². The maximum atomic E-state index is 13.5. The summed E-state index contributed by atoms with van der Waals surface area (Å²) in [5.41, 5.74) is 0. The highest BCUT2D eigenvalue weighted by molar-refractivity contribution is 7.45. The fourth-order valence-corrected chi connectivity index (χ4v) is 9.78. The molecule has 3 atom stereocenters. The first-order valence-corrected chi connectivity index (χ1v) is 34.2. The number of rotatable bonds is 58. The van der Waals surface area contributed by atoms with Crippen LogP contribution in [0.4, 0.5) is 0 Å². The van der Waals surface area contributed by atoms with Gasteiger partial charge in [-0.15, -0.1) is 0 Å². The van der Waals surface area contributed by atoms with Gasteiger partial charge in [-0.1, -0.05) is 285 Å². The number of hydrogen-bond donors (Lipinski definition) is 1. The Kier molecular flexibility index (Phi) is 56.4. The lowest BCUT2D eigenvalue weighted by Gasteiger charge is -2.30. The Hall–Kier alpha value is -3.33. The van der Waals surface area contributed by atoms with Crippen LogP contribution in [-0.2, 0) is 27.9 Å². The third-order valence-electron chi connectivity index (χ3n) is 14.1. The number of allylic oxidation sites excluding steroid dienone is 17. The number of ether oxygens (including phenoxy) is 1. The molecule has 0 heterocycles. The molecule has 0 fully saturated rings. The van der Waals surface area contributed by atoms with Crippen molar-refractivity contribution in [2.24, 2.45) is 0 Å². The number of hydrogen-bond acceptors (Lipinski definition) is 7. The molecule has 0 aromatic rings. The monoisotopic (exact) mass is 1130 g/mol. The number of amides is 1. The number of carbonyl (C=O) groups excluding carboxylic acids is 2. The SMILES string of the molecule is CC\C=C/C=C/C=C/C=C\C=C\C=C\CCCCCC(=O)NC(COP(=O)([O-])OCC[N+](C)(C)C)C(/C=C\CCCCCCCCCCCC)OC(=O)CCCCCCCCCCCCCCCCC/C=C\C/C=C\CCCCC. The standard InChI is InChI=1S/C70H123N2O7P/c1-7-10-13-16-19-22-25-28-30-32-33-34-35-36-37-38-39-41-43-45-48-51-54-57-60-63-70(74)79-68(61-58-55-52-49-46-27-24-21-18-15-12-9-3)67(66-78-80(75,76)77-65-64-72(4,5)6)71-69(73)62-59-56-53-50-47-44-42-40-31-29-26-23-20-17-14-11-8-2/h11,14,17,19-20,22-23,26,28-31,40,42,44,47,58,61,67-68H,7-10,12-13,15-16,18,21,24-25,27,32-39,41,43,45-46,48-57,59-60,62-66H2,1-6H3,(H-,71,73,75,76)/b14-11-,20-17+,22-19-,26-23+,30-28-,31-29-,42-40+,47-44+,61-58-. The van der Waals surface area contributed by atoms with E-state index >= 15 is 0 Å². The van der Waals surface area contributed by atoms with Crippen LogP contribution in [0.15, 0.2) is 109 Å². The van der Waals surface area contributed by atoms with Gasteiger partial charge in [-0.25, -0.2) is 0 Å². The van der Waals surface area contributed by atoms with Crippen molar-refractivity contribution in [1.82, 2.24) is 5.32 Å². The summed E-state index contributed by atoms with van der Waals surface area (Å²) in [6.45, 7) is 6.64. The summed E-state index contributed by atoms with van der Waals surface area (Å²) in [5.74, 6) is -0.593. The van der Waals surface area contributed by atoms with E-state index in [0.29, 0.717) is 17.4 Å². The average molecular weight is 1140 g/mol. The Balaban J connectivity index is 5.18. The Morgan fingerprint density at radius 1 is 0.463 bits per heavy atom. The molecule has 460 valence electrons. The minimum atomic E-state index is -4.72. The molecule has 3 unspecified atom stereocenters. The minimum absolute atomic E-state index is 0.0363. The topological polar surface area (TPSA) is 114 Å². The zero-order valence-electron chi connectivity index (χ0n) is 52.5. The molecule has 9 nitrogen and oxygen atoms in total. The number of nitrogens with one attached hydrogen (secondary N) is 1. The minimum Gasteiger partial charge on any atom is -0.756 e. The summed E-state index contributed by atoms with van der Waals surface area (Å²) < 4.78 is 30.3. The second-order valence-electron chi connectivity index (χ2n) is 23.0. The van der Waals surface area contributed by atoms with Crippen molar-refractivity contribution in [2.75, 3.05) is 40.9 Å². The molecule has 0 aliphatic heterocycles. The number of esters is 1. The third kappa shape index (κ3) is 59.3. The quantitative estimate of drug-likeness (QED) is 0.0161. The highest BCUT2D eigenvalue weighted by Gasteiger charge is 2.27. The first kappa shape index (κ1) is 76.7. The smallest absolute Gasteiger partial charge is 0.306 e. The summed E-state index contributed by atoms with van der Waals surface area (Å²) >= 11 is 0. The summed E-state index contributed by atoms with van der Waals surface area (Å²) in [4.78, 5) is 40.0. The Morgan fingerprint density at radius 2 is 0.850 bits per heavy atom. The Labute approximate surface area is 493 Å². The number of nitrogens with zero attached hydrogens (tertiary/aromatic N) is 1. The van der Waals surface area contributed by atoms with Gasteiger partial charge in [0, 0.05) is 12.8 Å². The van der Waals surface area contributed by atoms with E-state index in [1.807, 2.05) is 94.1 Å². The highest BCUT2D eigenvalue weighted by atomic mass is 31.2.